The van der Waals surface area contributed by atoms with E-state index in [-0.39, 0.29) is 11.8 Å². The van der Waals surface area contributed by atoms with Gasteiger partial charge in [-0.05, 0) is 56.7 Å². The van der Waals surface area contributed by atoms with Crippen molar-refractivity contribution in [1.29, 1.82) is 0 Å². The standard InChI is InChI=1S/C26H30ClN7O/c1-3-4-6-18-9-11-19(12-10-18)26(35)31-23-13-17(2)32-34(23)25-22-15-30-33(24(22)28-16-29-25)21-8-5-7-20(27)14-21/h5,7-8,13-16,18-19H,3-4,6,9-12H2,1-2H3,(H,31,35). The summed E-state index contributed by atoms with van der Waals surface area (Å²) in [5.41, 5.74) is 2.22. The molecule has 8 nitrogen and oxygen atoms in total. The Kier molecular flexibility index (Phi) is 6.81. The average Bonchev–Trinajstić information content (AvgIpc) is 3.46. The number of amides is 1. The van der Waals surface area contributed by atoms with Gasteiger partial charge in [0.15, 0.2) is 11.5 Å². The number of hydrogen-bond acceptors (Lipinski definition) is 5. The van der Waals surface area contributed by atoms with Crippen LogP contribution in [-0.4, -0.2) is 35.4 Å². The summed E-state index contributed by atoms with van der Waals surface area (Å²) >= 11 is 6.18. The Morgan fingerprint density at radius 2 is 1.97 bits per heavy atom. The van der Waals surface area contributed by atoms with E-state index in [4.69, 9.17) is 11.6 Å². The molecule has 3 heterocycles. The number of benzene rings is 1. The Morgan fingerprint density at radius 1 is 1.14 bits per heavy atom. The summed E-state index contributed by atoms with van der Waals surface area (Å²) in [5.74, 6) is 2.02. The summed E-state index contributed by atoms with van der Waals surface area (Å²) < 4.78 is 3.39. The van der Waals surface area contributed by atoms with Crippen molar-refractivity contribution >= 4 is 34.4 Å². The number of nitrogens with zero attached hydrogens (tertiary/aromatic N) is 6. The first-order valence-corrected chi connectivity index (χ1v) is 12.7. The third kappa shape index (κ3) is 4.93. The maximum absolute atomic E-state index is 13.2. The van der Waals surface area contributed by atoms with E-state index < -0.39 is 0 Å². The Hall–Kier alpha value is -3.26. The van der Waals surface area contributed by atoms with Crippen LogP contribution < -0.4 is 5.32 Å². The van der Waals surface area contributed by atoms with Crippen LogP contribution in [0.25, 0.3) is 22.5 Å². The van der Waals surface area contributed by atoms with Crippen LogP contribution in [0.15, 0.2) is 42.9 Å². The van der Waals surface area contributed by atoms with Gasteiger partial charge in [-0.25, -0.2) is 14.6 Å². The zero-order valence-electron chi connectivity index (χ0n) is 20.1. The number of nitrogens with one attached hydrogen (secondary N) is 1. The molecule has 1 aliphatic carbocycles. The second-order valence-electron chi connectivity index (χ2n) is 9.40. The van der Waals surface area contributed by atoms with E-state index in [1.54, 1.807) is 15.6 Å². The lowest BCUT2D eigenvalue weighted by molar-refractivity contribution is -0.121. The van der Waals surface area contributed by atoms with Crippen LogP contribution in [0.2, 0.25) is 5.02 Å². The summed E-state index contributed by atoms with van der Waals surface area (Å²) in [6.07, 6.45) is 11.1. The van der Waals surface area contributed by atoms with Crippen LogP contribution >= 0.6 is 11.6 Å². The van der Waals surface area contributed by atoms with Crippen LogP contribution in [0.5, 0.6) is 0 Å². The largest absolute Gasteiger partial charge is 0.310 e. The highest BCUT2D eigenvalue weighted by molar-refractivity contribution is 6.30. The molecule has 1 N–H and O–H groups in total. The van der Waals surface area contributed by atoms with Crippen molar-refractivity contribution in [3.05, 3.63) is 53.6 Å². The van der Waals surface area contributed by atoms with Crippen LogP contribution in [0.3, 0.4) is 0 Å². The fourth-order valence-corrected chi connectivity index (χ4v) is 5.17. The third-order valence-electron chi connectivity index (χ3n) is 6.86. The molecule has 182 valence electrons. The first-order valence-electron chi connectivity index (χ1n) is 12.4. The Balaban J connectivity index is 1.40. The Morgan fingerprint density at radius 3 is 2.74 bits per heavy atom. The molecule has 1 aromatic carbocycles. The first kappa shape index (κ1) is 23.5. The highest BCUT2D eigenvalue weighted by atomic mass is 35.5. The second-order valence-corrected chi connectivity index (χ2v) is 9.84. The molecule has 0 unspecified atom stereocenters. The number of rotatable bonds is 7. The summed E-state index contributed by atoms with van der Waals surface area (Å²) in [5, 5.41) is 13.6. The van der Waals surface area contributed by atoms with E-state index in [2.05, 4.69) is 32.4 Å². The quantitative estimate of drug-likeness (QED) is 0.347. The number of fused-ring (bicyclic) bond motifs is 1. The number of aryl methyl sites for hydroxylation is 1. The van der Waals surface area contributed by atoms with Crippen molar-refractivity contribution in [1.82, 2.24) is 29.5 Å². The van der Waals surface area contributed by atoms with Crippen molar-refractivity contribution in [3.8, 4) is 11.5 Å². The van der Waals surface area contributed by atoms with Gasteiger partial charge in [0.05, 0.1) is 23.0 Å². The van der Waals surface area contributed by atoms with E-state index in [1.165, 1.54) is 25.6 Å². The van der Waals surface area contributed by atoms with E-state index in [1.807, 2.05) is 37.3 Å². The van der Waals surface area contributed by atoms with Gasteiger partial charge in [0.25, 0.3) is 0 Å². The molecular formula is C26H30ClN7O. The summed E-state index contributed by atoms with van der Waals surface area (Å²) in [6, 6.07) is 9.31. The van der Waals surface area contributed by atoms with Crippen LogP contribution in [0, 0.1) is 18.8 Å². The minimum absolute atomic E-state index is 0.0348. The monoisotopic (exact) mass is 491 g/mol. The molecule has 0 radical (unpaired) electrons. The molecule has 0 spiro atoms. The highest BCUT2D eigenvalue weighted by Crippen LogP contribution is 2.33. The molecule has 0 aliphatic heterocycles. The van der Waals surface area contributed by atoms with Crippen LogP contribution in [-0.2, 0) is 4.79 Å². The maximum Gasteiger partial charge on any atom is 0.228 e. The summed E-state index contributed by atoms with van der Waals surface area (Å²) in [4.78, 5) is 22.1. The lowest BCUT2D eigenvalue weighted by atomic mass is 9.79. The normalized spacial score (nSPS) is 18.1. The van der Waals surface area contributed by atoms with Gasteiger partial charge >= 0.3 is 0 Å². The molecule has 35 heavy (non-hydrogen) atoms. The van der Waals surface area contributed by atoms with Crippen molar-refractivity contribution in [2.24, 2.45) is 11.8 Å². The molecule has 1 saturated carbocycles. The van der Waals surface area contributed by atoms with Gasteiger partial charge in [-0.1, -0.05) is 43.9 Å². The topological polar surface area (TPSA) is 90.5 Å². The number of hydrogen-bond donors (Lipinski definition) is 1. The first-order chi connectivity index (χ1) is 17.0. The predicted molar refractivity (Wildman–Crippen MR) is 137 cm³/mol. The van der Waals surface area contributed by atoms with Crippen molar-refractivity contribution < 1.29 is 4.79 Å². The van der Waals surface area contributed by atoms with E-state index >= 15 is 0 Å². The summed E-state index contributed by atoms with van der Waals surface area (Å²) in [6.45, 7) is 4.14. The van der Waals surface area contributed by atoms with Gasteiger partial charge < -0.3 is 5.32 Å². The minimum Gasteiger partial charge on any atom is -0.310 e. The SMILES string of the molecule is CCCCC1CCC(C(=O)Nc2cc(C)nn2-c2ncnc3c2cnn3-c2cccc(Cl)c2)CC1. The molecule has 3 aromatic heterocycles. The van der Waals surface area contributed by atoms with E-state index in [0.29, 0.717) is 22.3 Å². The second kappa shape index (κ2) is 10.2. The number of anilines is 1. The number of carbonyl (C=O) groups is 1. The smallest absolute Gasteiger partial charge is 0.228 e. The van der Waals surface area contributed by atoms with Gasteiger partial charge in [0.1, 0.15) is 12.1 Å². The maximum atomic E-state index is 13.2. The minimum atomic E-state index is 0.0348. The van der Waals surface area contributed by atoms with Gasteiger partial charge in [0, 0.05) is 17.0 Å². The molecule has 0 bridgehead atoms. The van der Waals surface area contributed by atoms with Gasteiger partial charge in [-0.2, -0.15) is 14.9 Å². The fourth-order valence-electron chi connectivity index (χ4n) is 4.98. The van der Waals surface area contributed by atoms with E-state index in [0.717, 1.165) is 48.4 Å². The summed E-state index contributed by atoms with van der Waals surface area (Å²) in [7, 11) is 0. The lowest BCUT2D eigenvalue weighted by Gasteiger charge is -2.27. The molecule has 5 rings (SSSR count). The number of unbranched alkanes of at least 4 members (excludes halogenated alkanes) is 1. The van der Waals surface area contributed by atoms with Gasteiger partial charge in [-0.15, -0.1) is 0 Å². The molecule has 4 aromatic rings. The van der Waals surface area contributed by atoms with Crippen molar-refractivity contribution in [2.75, 3.05) is 5.32 Å². The van der Waals surface area contributed by atoms with Gasteiger partial charge in [0.2, 0.25) is 5.91 Å². The zero-order valence-corrected chi connectivity index (χ0v) is 20.9. The average molecular weight is 492 g/mol. The van der Waals surface area contributed by atoms with E-state index in [9.17, 15) is 4.79 Å². The molecule has 1 amide bonds. The number of carbonyl (C=O) groups excluding carboxylic acids is 1. The zero-order chi connectivity index (χ0) is 24.4. The third-order valence-corrected chi connectivity index (χ3v) is 7.10. The number of halogens is 1. The molecule has 1 fully saturated rings. The van der Waals surface area contributed by atoms with Crippen LogP contribution in [0.1, 0.15) is 57.6 Å². The van der Waals surface area contributed by atoms with Gasteiger partial charge in [-0.3, -0.25) is 4.79 Å². The predicted octanol–water partition coefficient (Wildman–Crippen LogP) is 5.90. The molecule has 0 atom stereocenters. The van der Waals surface area contributed by atoms with Crippen molar-refractivity contribution in [2.45, 2.75) is 58.8 Å². The number of aromatic nitrogens is 6. The Labute approximate surface area is 209 Å². The van der Waals surface area contributed by atoms with Crippen molar-refractivity contribution in [3.63, 3.8) is 0 Å². The fraction of sp³-hybridized carbons (Fsp3) is 0.423. The highest BCUT2D eigenvalue weighted by Gasteiger charge is 2.27. The molecule has 1 aliphatic rings. The van der Waals surface area contributed by atoms with Crippen LogP contribution in [0.4, 0.5) is 5.82 Å². The Bertz CT molecular complexity index is 1340. The molecular weight excluding hydrogens is 462 g/mol. The molecule has 0 saturated heterocycles. The molecule has 9 heteroatoms. The lowest BCUT2D eigenvalue weighted by Crippen LogP contribution is -2.28.